The van der Waals surface area contributed by atoms with Crippen molar-refractivity contribution in [3.05, 3.63) is 40.5 Å². The van der Waals surface area contributed by atoms with Gasteiger partial charge in [-0.25, -0.2) is 14.4 Å². The molecular weight excluding hydrogens is 395 g/mol. The Balaban J connectivity index is 1.65. The number of rotatable bonds is 6. The van der Waals surface area contributed by atoms with Crippen molar-refractivity contribution >= 4 is 27.6 Å². The quantitative estimate of drug-likeness (QED) is 0.560. The van der Waals surface area contributed by atoms with Crippen LogP contribution in [0.4, 0.5) is 10.3 Å². The van der Waals surface area contributed by atoms with E-state index in [4.69, 9.17) is 0 Å². The monoisotopic (exact) mass is 418 g/mol. The molecule has 0 saturated carbocycles. The molecule has 0 bridgehead atoms. The molecule has 3 N–H and O–H groups in total. The van der Waals surface area contributed by atoms with Crippen LogP contribution in [-0.4, -0.2) is 54.7 Å². The minimum Gasteiger partial charge on any atom is -0.396 e. The third-order valence-electron chi connectivity index (χ3n) is 5.12. The smallest absolute Gasteiger partial charge is 0.225 e. The van der Waals surface area contributed by atoms with E-state index in [2.05, 4.69) is 25.3 Å². The highest BCUT2D eigenvalue weighted by atomic mass is 32.1. The van der Waals surface area contributed by atoms with Gasteiger partial charge in [0.15, 0.2) is 11.9 Å². The summed E-state index contributed by atoms with van der Waals surface area (Å²) < 4.78 is 14.2. The summed E-state index contributed by atoms with van der Waals surface area (Å²) in [6.45, 7) is 5.14. The van der Waals surface area contributed by atoms with E-state index in [1.807, 2.05) is 18.7 Å². The van der Waals surface area contributed by atoms with Gasteiger partial charge in [0.2, 0.25) is 5.95 Å². The van der Waals surface area contributed by atoms with Gasteiger partial charge in [-0.2, -0.15) is 4.98 Å². The average molecular weight is 418 g/mol. The Morgan fingerprint density at radius 3 is 2.90 bits per heavy atom. The van der Waals surface area contributed by atoms with E-state index in [0.29, 0.717) is 35.9 Å². The lowest BCUT2D eigenvalue weighted by molar-refractivity contribution is 0.0126. The van der Waals surface area contributed by atoms with Gasteiger partial charge in [-0.3, -0.25) is 9.88 Å². The van der Waals surface area contributed by atoms with Crippen LogP contribution in [0, 0.1) is 18.7 Å². The SMILES string of the molecule is Cc1nc2nc(NC(C)c3cncc(F)c3)nc(C(O)N3CCC(CO)C3)c2s1. The number of aliphatic hydroxyl groups is 2. The molecule has 4 heterocycles. The predicted octanol–water partition coefficient (Wildman–Crippen LogP) is 2.41. The van der Waals surface area contributed by atoms with Crippen molar-refractivity contribution in [1.29, 1.82) is 0 Å². The third-order valence-corrected chi connectivity index (χ3v) is 6.11. The zero-order valence-electron chi connectivity index (χ0n) is 16.2. The van der Waals surface area contributed by atoms with Crippen LogP contribution in [0.1, 0.15) is 41.9 Å². The maximum atomic E-state index is 13.5. The van der Waals surface area contributed by atoms with Crippen molar-refractivity contribution in [2.24, 2.45) is 5.92 Å². The molecule has 0 aliphatic carbocycles. The summed E-state index contributed by atoms with van der Waals surface area (Å²) in [7, 11) is 0. The highest BCUT2D eigenvalue weighted by Crippen LogP contribution is 2.33. The number of halogens is 1. The molecule has 0 radical (unpaired) electrons. The molecule has 1 aliphatic heterocycles. The largest absolute Gasteiger partial charge is 0.396 e. The van der Waals surface area contributed by atoms with Gasteiger partial charge in [0.05, 0.1) is 21.9 Å². The number of aliphatic hydroxyl groups excluding tert-OH is 2. The number of hydrogen-bond donors (Lipinski definition) is 3. The summed E-state index contributed by atoms with van der Waals surface area (Å²) in [5.74, 6) is 0.0565. The summed E-state index contributed by atoms with van der Waals surface area (Å²) in [4.78, 5) is 19.3. The first kappa shape index (κ1) is 20.0. The summed E-state index contributed by atoms with van der Waals surface area (Å²) >= 11 is 1.44. The number of anilines is 1. The molecule has 3 aromatic rings. The number of pyridine rings is 1. The van der Waals surface area contributed by atoms with E-state index in [-0.39, 0.29) is 18.6 Å². The Hall–Kier alpha value is -2.27. The molecule has 10 heteroatoms. The highest BCUT2D eigenvalue weighted by Gasteiger charge is 2.30. The maximum Gasteiger partial charge on any atom is 0.225 e. The minimum atomic E-state index is -0.913. The van der Waals surface area contributed by atoms with Crippen LogP contribution >= 0.6 is 11.3 Å². The summed E-state index contributed by atoms with van der Waals surface area (Å²) in [5, 5.41) is 24.4. The van der Waals surface area contributed by atoms with Crippen molar-refractivity contribution in [3.8, 4) is 0 Å². The molecule has 3 aromatic heterocycles. The Bertz CT molecular complexity index is 1020. The van der Waals surface area contributed by atoms with E-state index in [1.165, 1.54) is 17.4 Å². The lowest BCUT2D eigenvalue weighted by Gasteiger charge is -2.23. The number of nitrogens with zero attached hydrogens (tertiary/aromatic N) is 5. The zero-order chi connectivity index (χ0) is 20.5. The van der Waals surface area contributed by atoms with Crippen LogP contribution in [0.15, 0.2) is 18.5 Å². The Kier molecular flexibility index (Phi) is 5.68. The normalized spacial score (nSPS) is 19.6. The van der Waals surface area contributed by atoms with Crippen LogP contribution in [0.3, 0.4) is 0 Å². The van der Waals surface area contributed by atoms with Crippen molar-refractivity contribution in [2.45, 2.75) is 32.5 Å². The molecule has 0 spiro atoms. The first-order valence-electron chi connectivity index (χ1n) is 9.49. The van der Waals surface area contributed by atoms with E-state index < -0.39 is 12.0 Å². The first-order chi connectivity index (χ1) is 13.9. The molecule has 8 nitrogen and oxygen atoms in total. The molecule has 0 aromatic carbocycles. The van der Waals surface area contributed by atoms with Gasteiger partial charge < -0.3 is 15.5 Å². The summed E-state index contributed by atoms with van der Waals surface area (Å²) in [6, 6.07) is 1.12. The topological polar surface area (TPSA) is 107 Å². The molecule has 0 amide bonds. The van der Waals surface area contributed by atoms with E-state index >= 15 is 0 Å². The second kappa shape index (κ2) is 8.23. The molecule has 1 saturated heterocycles. The summed E-state index contributed by atoms with van der Waals surface area (Å²) in [5.41, 5.74) is 1.67. The van der Waals surface area contributed by atoms with Crippen LogP contribution in [-0.2, 0) is 0 Å². The van der Waals surface area contributed by atoms with Crippen molar-refractivity contribution < 1.29 is 14.6 Å². The van der Waals surface area contributed by atoms with Gasteiger partial charge in [0, 0.05) is 25.9 Å². The Morgan fingerprint density at radius 2 is 2.17 bits per heavy atom. The van der Waals surface area contributed by atoms with Gasteiger partial charge in [-0.1, -0.05) is 0 Å². The van der Waals surface area contributed by atoms with Crippen LogP contribution < -0.4 is 5.32 Å². The van der Waals surface area contributed by atoms with Crippen molar-refractivity contribution in [3.63, 3.8) is 0 Å². The lowest BCUT2D eigenvalue weighted by atomic mass is 10.1. The number of nitrogens with one attached hydrogen (secondary N) is 1. The van der Waals surface area contributed by atoms with Crippen molar-refractivity contribution in [1.82, 2.24) is 24.8 Å². The molecule has 3 atom stereocenters. The van der Waals surface area contributed by atoms with Gasteiger partial charge in [0.25, 0.3) is 0 Å². The van der Waals surface area contributed by atoms with Gasteiger partial charge >= 0.3 is 0 Å². The zero-order valence-corrected chi connectivity index (χ0v) is 17.0. The van der Waals surface area contributed by atoms with Crippen LogP contribution in [0.5, 0.6) is 0 Å². The minimum absolute atomic E-state index is 0.105. The fourth-order valence-electron chi connectivity index (χ4n) is 3.54. The number of likely N-dealkylation sites (tertiary alicyclic amines) is 1. The van der Waals surface area contributed by atoms with Gasteiger partial charge in [-0.05, 0) is 37.8 Å². The maximum absolute atomic E-state index is 13.5. The second-order valence-electron chi connectivity index (χ2n) is 7.33. The highest BCUT2D eigenvalue weighted by molar-refractivity contribution is 7.18. The number of hydrogen-bond acceptors (Lipinski definition) is 9. The molecule has 1 aliphatic rings. The first-order valence-corrected chi connectivity index (χ1v) is 10.3. The summed E-state index contributed by atoms with van der Waals surface area (Å²) in [6.07, 6.45) is 2.66. The van der Waals surface area contributed by atoms with E-state index in [0.717, 1.165) is 22.3 Å². The fraction of sp³-hybridized carbons (Fsp3) is 0.474. The fourth-order valence-corrected chi connectivity index (χ4v) is 4.40. The molecule has 29 heavy (non-hydrogen) atoms. The van der Waals surface area contributed by atoms with Crippen LogP contribution in [0.2, 0.25) is 0 Å². The Morgan fingerprint density at radius 1 is 1.34 bits per heavy atom. The standard InChI is InChI=1S/C19H23FN6O2S/c1-10(13-5-14(20)7-21-6-13)22-19-24-15(16-17(25-19)23-11(2)29-16)18(28)26-4-3-12(8-26)9-27/h5-7,10,12,18,27-28H,3-4,8-9H2,1-2H3,(H,22,24,25). The average Bonchev–Trinajstić information content (AvgIpc) is 3.32. The number of aryl methyl sites for hydroxylation is 1. The predicted molar refractivity (Wildman–Crippen MR) is 108 cm³/mol. The van der Waals surface area contributed by atoms with E-state index in [1.54, 1.807) is 6.20 Å². The molecule has 3 unspecified atom stereocenters. The van der Waals surface area contributed by atoms with Crippen molar-refractivity contribution in [2.75, 3.05) is 25.0 Å². The third kappa shape index (κ3) is 4.20. The second-order valence-corrected chi connectivity index (χ2v) is 8.53. The number of fused-ring (bicyclic) bond motifs is 1. The van der Waals surface area contributed by atoms with Crippen LogP contribution in [0.25, 0.3) is 10.3 Å². The Labute approximate surface area is 171 Å². The van der Waals surface area contributed by atoms with E-state index in [9.17, 15) is 14.6 Å². The molecule has 4 rings (SSSR count). The lowest BCUT2D eigenvalue weighted by Crippen LogP contribution is -2.28. The van der Waals surface area contributed by atoms with Gasteiger partial charge in [-0.15, -0.1) is 11.3 Å². The number of aromatic nitrogens is 4. The molecule has 154 valence electrons. The van der Waals surface area contributed by atoms with Gasteiger partial charge in [0.1, 0.15) is 11.5 Å². The molecular formula is C19H23FN6O2S. The number of thiazole rings is 1. The molecule has 1 fully saturated rings.